The minimum absolute atomic E-state index is 0.0339. The Hall–Kier alpha value is -1.30. The van der Waals surface area contributed by atoms with E-state index in [2.05, 4.69) is 0 Å². The van der Waals surface area contributed by atoms with Gasteiger partial charge in [-0.05, 0) is 13.8 Å². The lowest BCUT2D eigenvalue weighted by atomic mass is 10.3. The van der Waals surface area contributed by atoms with E-state index in [4.69, 9.17) is 10.5 Å². The van der Waals surface area contributed by atoms with E-state index in [0.717, 1.165) is 0 Å². The molecule has 0 aliphatic carbocycles. The number of carbonyl (C=O) groups excluding carboxylic acids is 2. The largest absolute Gasteiger partial charge is 0.378 e. The van der Waals surface area contributed by atoms with Gasteiger partial charge in [-0.3, -0.25) is 4.79 Å². The zero-order chi connectivity index (χ0) is 12.1. The summed E-state index contributed by atoms with van der Waals surface area (Å²) in [4.78, 5) is 26.1. The van der Waals surface area contributed by atoms with E-state index in [0.29, 0.717) is 26.3 Å². The molecule has 0 aromatic carbocycles. The number of nitrogens with two attached hydrogens (primary N) is 1. The monoisotopic (exact) mass is 229 g/mol. The Balaban J connectivity index is 2.61. The first-order valence-electron chi connectivity index (χ1n) is 5.44. The summed E-state index contributed by atoms with van der Waals surface area (Å²) < 4.78 is 5.17. The number of urea groups is 1. The lowest BCUT2D eigenvalue weighted by Crippen LogP contribution is -2.52. The molecule has 1 aliphatic heterocycles. The molecular formula is C10H19N3O3. The Morgan fingerprint density at radius 1 is 1.38 bits per heavy atom. The molecule has 6 nitrogen and oxygen atoms in total. The SMILES string of the molecule is CC(C)N(CC(N)=O)C(=O)N1CCOCC1. The average molecular weight is 229 g/mol. The molecule has 0 spiro atoms. The highest BCUT2D eigenvalue weighted by atomic mass is 16.5. The van der Waals surface area contributed by atoms with Gasteiger partial charge in [0.1, 0.15) is 6.54 Å². The van der Waals surface area contributed by atoms with Crippen molar-refractivity contribution in [3.63, 3.8) is 0 Å². The van der Waals surface area contributed by atoms with Crippen LogP contribution in [-0.2, 0) is 9.53 Å². The van der Waals surface area contributed by atoms with Crippen LogP contribution < -0.4 is 5.73 Å². The topological polar surface area (TPSA) is 75.9 Å². The summed E-state index contributed by atoms with van der Waals surface area (Å²) in [5, 5.41) is 0. The van der Waals surface area contributed by atoms with Crippen molar-refractivity contribution in [3.8, 4) is 0 Å². The van der Waals surface area contributed by atoms with Crippen molar-refractivity contribution in [2.75, 3.05) is 32.8 Å². The van der Waals surface area contributed by atoms with Crippen molar-refractivity contribution in [2.24, 2.45) is 5.73 Å². The van der Waals surface area contributed by atoms with Gasteiger partial charge < -0.3 is 20.3 Å². The van der Waals surface area contributed by atoms with Gasteiger partial charge in [0.2, 0.25) is 5.91 Å². The van der Waals surface area contributed by atoms with Crippen LogP contribution in [0.25, 0.3) is 0 Å². The van der Waals surface area contributed by atoms with Gasteiger partial charge in [0, 0.05) is 19.1 Å². The second-order valence-electron chi connectivity index (χ2n) is 4.07. The number of rotatable bonds is 3. The Morgan fingerprint density at radius 2 is 1.94 bits per heavy atom. The van der Waals surface area contributed by atoms with Crippen molar-refractivity contribution in [2.45, 2.75) is 19.9 Å². The van der Waals surface area contributed by atoms with Gasteiger partial charge in [-0.1, -0.05) is 0 Å². The second kappa shape index (κ2) is 5.69. The van der Waals surface area contributed by atoms with Gasteiger partial charge >= 0.3 is 6.03 Å². The molecule has 92 valence electrons. The molecule has 0 atom stereocenters. The molecule has 16 heavy (non-hydrogen) atoms. The van der Waals surface area contributed by atoms with Crippen LogP contribution in [0.4, 0.5) is 4.79 Å². The molecule has 2 N–H and O–H groups in total. The fraction of sp³-hybridized carbons (Fsp3) is 0.800. The van der Waals surface area contributed by atoms with Gasteiger partial charge in [-0.2, -0.15) is 0 Å². The molecule has 0 bridgehead atoms. The Morgan fingerprint density at radius 3 is 2.38 bits per heavy atom. The molecule has 3 amide bonds. The molecule has 1 saturated heterocycles. The summed E-state index contributed by atoms with van der Waals surface area (Å²) >= 11 is 0. The summed E-state index contributed by atoms with van der Waals surface area (Å²) in [5.41, 5.74) is 5.12. The number of hydrogen-bond acceptors (Lipinski definition) is 3. The summed E-state index contributed by atoms with van der Waals surface area (Å²) in [6.07, 6.45) is 0. The molecule has 0 radical (unpaired) electrons. The van der Waals surface area contributed by atoms with Crippen molar-refractivity contribution < 1.29 is 14.3 Å². The molecule has 0 aromatic rings. The maximum atomic E-state index is 12.1. The van der Waals surface area contributed by atoms with Gasteiger partial charge in [0.05, 0.1) is 13.2 Å². The summed E-state index contributed by atoms with van der Waals surface area (Å²) in [5.74, 6) is -0.490. The van der Waals surface area contributed by atoms with Crippen molar-refractivity contribution in [1.82, 2.24) is 9.80 Å². The number of amides is 3. The molecule has 1 heterocycles. The van der Waals surface area contributed by atoms with Crippen LogP contribution in [0.3, 0.4) is 0 Å². The predicted molar refractivity (Wildman–Crippen MR) is 58.8 cm³/mol. The highest BCUT2D eigenvalue weighted by molar-refractivity contribution is 5.83. The van der Waals surface area contributed by atoms with Gasteiger partial charge in [-0.15, -0.1) is 0 Å². The number of morpholine rings is 1. The third kappa shape index (κ3) is 3.37. The molecule has 1 aliphatic rings. The van der Waals surface area contributed by atoms with Gasteiger partial charge in [-0.25, -0.2) is 4.79 Å². The maximum Gasteiger partial charge on any atom is 0.320 e. The first-order valence-corrected chi connectivity index (χ1v) is 5.44. The van der Waals surface area contributed by atoms with Crippen LogP contribution in [-0.4, -0.2) is 60.6 Å². The first kappa shape index (κ1) is 12.8. The maximum absolute atomic E-state index is 12.1. The fourth-order valence-corrected chi connectivity index (χ4v) is 1.58. The molecule has 1 fully saturated rings. The number of ether oxygens (including phenoxy) is 1. The van der Waals surface area contributed by atoms with E-state index in [1.807, 2.05) is 13.8 Å². The Bertz CT molecular complexity index is 262. The minimum Gasteiger partial charge on any atom is -0.378 e. The van der Waals surface area contributed by atoms with Crippen LogP contribution in [0, 0.1) is 0 Å². The Labute approximate surface area is 95.3 Å². The summed E-state index contributed by atoms with van der Waals surface area (Å²) in [6.45, 7) is 5.93. The van der Waals surface area contributed by atoms with Crippen LogP contribution in [0.1, 0.15) is 13.8 Å². The van der Waals surface area contributed by atoms with E-state index in [1.54, 1.807) is 4.90 Å². The van der Waals surface area contributed by atoms with Crippen molar-refractivity contribution in [3.05, 3.63) is 0 Å². The Kier molecular flexibility index (Phi) is 4.54. The molecule has 6 heteroatoms. The van der Waals surface area contributed by atoms with E-state index in [1.165, 1.54) is 4.90 Å². The van der Waals surface area contributed by atoms with Crippen LogP contribution in [0.15, 0.2) is 0 Å². The average Bonchev–Trinajstić information content (AvgIpc) is 2.25. The number of carbonyl (C=O) groups is 2. The fourth-order valence-electron chi connectivity index (χ4n) is 1.58. The van der Waals surface area contributed by atoms with Crippen LogP contribution >= 0.6 is 0 Å². The second-order valence-corrected chi connectivity index (χ2v) is 4.07. The van der Waals surface area contributed by atoms with Gasteiger partial charge in [0.25, 0.3) is 0 Å². The third-order valence-electron chi connectivity index (χ3n) is 2.48. The predicted octanol–water partition coefficient (Wildman–Crippen LogP) is -0.366. The number of nitrogens with zero attached hydrogens (tertiary/aromatic N) is 2. The normalized spacial score (nSPS) is 16.3. The third-order valence-corrected chi connectivity index (χ3v) is 2.48. The van der Waals surface area contributed by atoms with E-state index >= 15 is 0 Å². The highest BCUT2D eigenvalue weighted by Gasteiger charge is 2.25. The van der Waals surface area contributed by atoms with Crippen LogP contribution in [0.5, 0.6) is 0 Å². The van der Waals surface area contributed by atoms with Crippen LogP contribution in [0.2, 0.25) is 0 Å². The van der Waals surface area contributed by atoms with Crippen molar-refractivity contribution in [1.29, 1.82) is 0 Å². The molecular weight excluding hydrogens is 210 g/mol. The summed E-state index contributed by atoms with van der Waals surface area (Å²) in [7, 11) is 0. The van der Waals surface area contributed by atoms with E-state index in [9.17, 15) is 9.59 Å². The highest BCUT2D eigenvalue weighted by Crippen LogP contribution is 2.06. The van der Waals surface area contributed by atoms with E-state index < -0.39 is 5.91 Å². The smallest absolute Gasteiger partial charge is 0.320 e. The molecule has 1 rings (SSSR count). The lowest BCUT2D eigenvalue weighted by molar-refractivity contribution is -0.119. The lowest BCUT2D eigenvalue weighted by Gasteiger charge is -2.34. The minimum atomic E-state index is -0.490. The summed E-state index contributed by atoms with van der Waals surface area (Å²) in [6, 6.07) is -0.181. The zero-order valence-electron chi connectivity index (χ0n) is 9.81. The number of hydrogen-bond donors (Lipinski definition) is 1. The zero-order valence-corrected chi connectivity index (χ0v) is 9.81. The van der Waals surface area contributed by atoms with Crippen molar-refractivity contribution >= 4 is 11.9 Å². The number of primary amides is 1. The molecule has 0 aromatic heterocycles. The van der Waals surface area contributed by atoms with E-state index in [-0.39, 0.29) is 18.6 Å². The quantitative estimate of drug-likeness (QED) is 0.717. The van der Waals surface area contributed by atoms with Gasteiger partial charge in [0.15, 0.2) is 0 Å². The standard InChI is InChI=1S/C10H19N3O3/c1-8(2)13(7-9(11)14)10(15)12-3-5-16-6-4-12/h8H,3-7H2,1-2H3,(H2,11,14). The molecule has 0 saturated carbocycles. The molecule has 0 unspecified atom stereocenters. The first-order chi connectivity index (χ1) is 7.52.